The number of thiocarbonyl (C=S) groups is 1. The number of nitrogens with two attached hydrogens (primary N) is 1. The molecule has 16 heavy (non-hydrogen) atoms. The van der Waals surface area contributed by atoms with Crippen molar-refractivity contribution in [2.75, 3.05) is 5.32 Å². The van der Waals surface area contributed by atoms with Gasteiger partial charge < -0.3 is 11.1 Å². The zero-order chi connectivity index (χ0) is 12.3. The van der Waals surface area contributed by atoms with Gasteiger partial charge in [0.2, 0.25) is 5.91 Å². The maximum Gasteiger partial charge on any atom is 0.234 e. The smallest absolute Gasteiger partial charge is 0.234 e. The number of amides is 1. The molecule has 1 aromatic rings. The third kappa shape index (κ3) is 3.43. The highest BCUT2D eigenvalue weighted by atomic mass is 79.9. The van der Waals surface area contributed by atoms with Crippen LogP contribution in [0.4, 0.5) is 5.69 Å². The average Bonchev–Trinajstić information content (AvgIpc) is 2.20. The number of carbonyl (C=O) groups is 1. The minimum atomic E-state index is -0.502. The Morgan fingerprint density at radius 3 is 2.75 bits per heavy atom. The van der Waals surface area contributed by atoms with Gasteiger partial charge in [0.25, 0.3) is 0 Å². The SMILES string of the molecule is CC(C(=O)Nc1ccc(Cl)cc1Br)C(N)=S. The van der Waals surface area contributed by atoms with Crippen LogP contribution in [0.15, 0.2) is 22.7 Å². The first-order valence-electron chi connectivity index (χ1n) is 4.47. The second-order valence-corrected chi connectivity index (χ2v) is 5.00. The molecule has 6 heteroatoms. The van der Waals surface area contributed by atoms with Gasteiger partial charge in [0.05, 0.1) is 16.6 Å². The monoisotopic (exact) mass is 320 g/mol. The first-order chi connectivity index (χ1) is 7.41. The Morgan fingerprint density at radius 1 is 1.62 bits per heavy atom. The minimum Gasteiger partial charge on any atom is -0.393 e. The molecule has 1 unspecified atom stereocenters. The molecule has 0 saturated heterocycles. The van der Waals surface area contributed by atoms with Gasteiger partial charge in [0, 0.05) is 9.50 Å². The summed E-state index contributed by atoms with van der Waals surface area (Å²) in [6.07, 6.45) is 0. The highest BCUT2D eigenvalue weighted by Gasteiger charge is 2.16. The van der Waals surface area contributed by atoms with E-state index in [0.29, 0.717) is 15.2 Å². The quantitative estimate of drug-likeness (QED) is 0.842. The maximum atomic E-state index is 11.7. The van der Waals surface area contributed by atoms with Crippen molar-refractivity contribution in [1.82, 2.24) is 0 Å². The van der Waals surface area contributed by atoms with Gasteiger partial charge in [0.15, 0.2) is 0 Å². The molecule has 0 fully saturated rings. The van der Waals surface area contributed by atoms with Gasteiger partial charge in [-0.05, 0) is 41.1 Å². The zero-order valence-electron chi connectivity index (χ0n) is 8.46. The predicted molar refractivity (Wildman–Crippen MR) is 73.7 cm³/mol. The van der Waals surface area contributed by atoms with Gasteiger partial charge >= 0.3 is 0 Å². The Morgan fingerprint density at radius 2 is 2.25 bits per heavy atom. The van der Waals surface area contributed by atoms with Crippen LogP contribution >= 0.6 is 39.7 Å². The second kappa shape index (κ2) is 5.61. The van der Waals surface area contributed by atoms with Crippen molar-refractivity contribution in [1.29, 1.82) is 0 Å². The molecule has 0 aliphatic heterocycles. The number of carbonyl (C=O) groups excluding carboxylic acids is 1. The molecule has 0 spiro atoms. The van der Waals surface area contributed by atoms with Gasteiger partial charge in [-0.2, -0.15) is 0 Å². The molecule has 3 N–H and O–H groups in total. The fourth-order valence-electron chi connectivity index (χ4n) is 0.961. The summed E-state index contributed by atoms with van der Waals surface area (Å²) < 4.78 is 0.712. The van der Waals surface area contributed by atoms with Crippen LogP contribution in [0.3, 0.4) is 0 Å². The van der Waals surface area contributed by atoms with E-state index < -0.39 is 5.92 Å². The summed E-state index contributed by atoms with van der Waals surface area (Å²) in [6.45, 7) is 1.65. The Balaban J connectivity index is 2.81. The van der Waals surface area contributed by atoms with E-state index in [0.717, 1.165) is 0 Å². The highest BCUT2D eigenvalue weighted by molar-refractivity contribution is 9.10. The molecule has 0 aromatic heterocycles. The summed E-state index contributed by atoms with van der Waals surface area (Å²) in [5, 5.41) is 3.30. The lowest BCUT2D eigenvalue weighted by atomic mass is 10.1. The van der Waals surface area contributed by atoms with Gasteiger partial charge in [0.1, 0.15) is 0 Å². The molecule has 3 nitrogen and oxygen atoms in total. The molecule has 0 bridgehead atoms. The molecule has 0 saturated carbocycles. The maximum absolute atomic E-state index is 11.7. The van der Waals surface area contributed by atoms with E-state index in [-0.39, 0.29) is 10.9 Å². The van der Waals surface area contributed by atoms with Gasteiger partial charge in [-0.3, -0.25) is 4.79 Å². The summed E-state index contributed by atoms with van der Waals surface area (Å²) in [7, 11) is 0. The van der Waals surface area contributed by atoms with Crippen LogP contribution in [0.2, 0.25) is 5.02 Å². The number of halogens is 2. The second-order valence-electron chi connectivity index (χ2n) is 3.24. The van der Waals surface area contributed by atoms with Crippen LogP contribution in [-0.4, -0.2) is 10.9 Å². The van der Waals surface area contributed by atoms with Crippen molar-refractivity contribution in [3.05, 3.63) is 27.7 Å². The van der Waals surface area contributed by atoms with Crippen LogP contribution in [0.25, 0.3) is 0 Å². The van der Waals surface area contributed by atoms with Crippen LogP contribution in [0.1, 0.15) is 6.92 Å². The lowest BCUT2D eigenvalue weighted by Crippen LogP contribution is -2.30. The normalized spacial score (nSPS) is 11.9. The van der Waals surface area contributed by atoms with Gasteiger partial charge in [-0.1, -0.05) is 23.8 Å². The fraction of sp³-hybridized carbons (Fsp3) is 0.200. The molecule has 0 radical (unpaired) electrons. The summed E-state index contributed by atoms with van der Waals surface area (Å²) in [4.78, 5) is 11.8. The molecule has 1 aromatic carbocycles. The largest absolute Gasteiger partial charge is 0.393 e. The van der Waals surface area contributed by atoms with Crippen molar-refractivity contribution in [2.45, 2.75) is 6.92 Å². The fourth-order valence-corrected chi connectivity index (χ4v) is 1.85. The van der Waals surface area contributed by atoms with E-state index in [9.17, 15) is 4.79 Å². The average molecular weight is 322 g/mol. The number of nitrogens with one attached hydrogen (secondary N) is 1. The summed E-state index contributed by atoms with van der Waals surface area (Å²) >= 11 is 13.8. The highest BCUT2D eigenvalue weighted by Crippen LogP contribution is 2.26. The molecular weight excluding hydrogens is 312 g/mol. The zero-order valence-corrected chi connectivity index (χ0v) is 11.6. The standard InChI is InChI=1S/C10H10BrClN2OS/c1-5(9(13)16)10(15)14-8-3-2-6(12)4-7(8)11/h2-5H,1H3,(H2,13,16)(H,14,15). The third-order valence-electron chi connectivity index (χ3n) is 2.01. The molecule has 1 rings (SSSR count). The Kier molecular flexibility index (Phi) is 4.70. The van der Waals surface area contributed by atoms with Crippen LogP contribution in [0, 0.1) is 5.92 Å². The number of anilines is 1. The van der Waals surface area contributed by atoms with Gasteiger partial charge in [-0.25, -0.2) is 0 Å². The number of benzene rings is 1. The van der Waals surface area contributed by atoms with E-state index >= 15 is 0 Å². The predicted octanol–water partition coefficient (Wildman–Crippen LogP) is 2.96. The molecular formula is C10H10BrClN2OS. The molecule has 86 valence electrons. The van der Waals surface area contributed by atoms with E-state index in [4.69, 9.17) is 29.6 Å². The van der Waals surface area contributed by atoms with Crippen LogP contribution in [0.5, 0.6) is 0 Å². The summed E-state index contributed by atoms with van der Waals surface area (Å²) in [5.41, 5.74) is 6.03. The Hall–Kier alpha value is -0.650. The molecule has 0 aliphatic carbocycles. The van der Waals surface area contributed by atoms with Crippen LogP contribution in [-0.2, 0) is 4.79 Å². The van der Waals surface area contributed by atoms with E-state index in [1.54, 1.807) is 25.1 Å². The van der Waals surface area contributed by atoms with Crippen molar-refractivity contribution in [2.24, 2.45) is 11.7 Å². The minimum absolute atomic E-state index is 0.169. The molecule has 0 aliphatic rings. The number of hydrogen-bond donors (Lipinski definition) is 2. The van der Waals surface area contributed by atoms with E-state index in [1.807, 2.05) is 0 Å². The van der Waals surface area contributed by atoms with Crippen molar-refractivity contribution in [3.63, 3.8) is 0 Å². The van der Waals surface area contributed by atoms with Crippen molar-refractivity contribution >= 4 is 56.3 Å². The van der Waals surface area contributed by atoms with Crippen molar-refractivity contribution in [3.8, 4) is 0 Å². The lowest BCUT2D eigenvalue weighted by molar-refractivity contribution is -0.117. The summed E-state index contributed by atoms with van der Waals surface area (Å²) in [5.74, 6) is -0.742. The van der Waals surface area contributed by atoms with E-state index in [1.165, 1.54) is 0 Å². The van der Waals surface area contributed by atoms with E-state index in [2.05, 4.69) is 21.2 Å². The molecule has 1 atom stereocenters. The first-order valence-corrected chi connectivity index (χ1v) is 6.05. The van der Waals surface area contributed by atoms with Crippen LogP contribution < -0.4 is 11.1 Å². The van der Waals surface area contributed by atoms with Crippen molar-refractivity contribution < 1.29 is 4.79 Å². The number of hydrogen-bond acceptors (Lipinski definition) is 2. The molecule has 1 amide bonds. The summed E-state index contributed by atoms with van der Waals surface area (Å²) in [6, 6.07) is 5.09. The number of rotatable bonds is 3. The first kappa shape index (κ1) is 13.4. The Labute approximate surface area is 112 Å². The topological polar surface area (TPSA) is 55.1 Å². The van der Waals surface area contributed by atoms with Gasteiger partial charge in [-0.15, -0.1) is 0 Å². The Bertz CT molecular complexity index is 439. The third-order valence-corrected chi connectivity index (χ3v) is 3.25. The lowest BCUT2D eigenvalue weighted by Gasteiger charge is -2.11. The molecule has 0 heterocycles.